The molecule has 1 fully saturated rings. The molecule has 1 N–H and O–H groups in total. The zero-order valence-corrected chi connectivity index (χ0v) is 14.2. The molecule has 2 aromatic rings. The van der Waals surface area contributed by atoms with E-state index in [1.807, 2.05) is 28.5 Å². The summed E-state index contributed by atoms with van der Waals surface area (Å²) >= 11 is 1.62. The van der Waals surface area contributed by atoms with Gasteiger partial charge in [0.05, 0.1) is 25.3 Å². The highest BCUT2D eigenvalue weighted by molar-refractivity contribution is 7.09. The molecule has 1 atom stereocenters. The number of carbonyl (C=O) groups is 2. The van der Waals surface area contributed by atoms with E-state index in [2.05, 4.69) is 10.4 Å². The van der Waals surface area contributed by atoms with E-state index in [1.165, 1.54) is 0 Å². The maximum absolute atomic E-state index is 12.7. The van der Waals surface area contributed by atoms with Crippen LogP contribution in [-0.4, -0.2) is 33.0 Å². The van der Waals surface area contributed by atoms with Crippen molar-refractivity contribution < 1.29 is 9.59 Å². The fourth-order valence-electron chi connectivity index (χ4n) is 3.27. The first-order chi connectivity index (χ1) is 11.7. The SMILES string of the molecule is O=C(NCc1cccs1)[C@H]1CN(C(=O)C2CCC2)Cc2ccnn21. The van der Waals surface area contributed by atoms with E-state index in [1.54, 1.807) is 22.2 Å². The predicted molar refractivity (Wildman–Crippen MR) is 90.2 cm³/mol. The first-order valence-corrected chi connectivity index (χ1v) is 9.21. The van der Waals surface area contributed by atoms with E-state index in [0.717, 1.165) is 29.8 Å². The molecule has 0 aromatic carbocycles. The molecular weight excluding hydrogens is 324 g/mol. The van der Waals surface area contributed by atoms with Crippen molar-refractivity contribution in [3.63, 3.8) is 0 Å². The number of thiophene rings is 1. The molecule has 1 aliphatic heterocycles. The summed E-state index contributed by atoms with van der Waals surface area (Å²) in [6, 6.07) is 5.40. The number of aromatic nitrogens is 2. The monoisotopic (exact) mass is 344 g/mol. The third kappa shape index (κ3) is 2.84. The van der Waals surface area contributed by atoms with Gasteiger partial charge in [0.25, 0.3) is 0 Å². The van der Waals surface area contributed by atoms with Gasteiger partial charge in [-0.1, -0.05) is 12.5 Å². The normalized spacial score (nSPS) is 20.3. The molecule has 7 heteroatoms. The number of hydrogen-bond acceptors (Lipinski definition) is 4. The minimum absolute atomic E-state index is 0.0838. The minimum Gasteiger partial charge on any atom is -0.349 e. The van der Waals surface area contributed by atoms with Crippen LogP contribution in [0.1, 0.15) is 35.9 Å². The molecule has 1 aliphatic carbocycles. The Morgan fingerprint density at radius 3 is 2.92 bits per heavy atom. The lowest BCUT2D eigenvalue weighted by Gasteiger charge is -2.37. The number of rotatable bonds is 4. The largest absolute Gasteiger partial charge is 0.349 e. The van der Waals surface area contributed by atoms with Gasteiger partial charge in [0.15, 0.2) is 0 Å². The topological polar surface area (TPSA) is 67.2 Å². The van der Waals surface area contributed by atoms with Crippen LogP contribution in [0.15, 0.2) is 29.8 Å². The number of hydrogen-bond donors (Lipinski definition) is 1. The second-order valence-corrected chi connectivity index (χ2v) is 7.46. The number of nitrogens with zero attached hydrogens (tertiary/aromatic N) is 3. The third-order valence-electron chi connectivity index (χ3n) is 4.88. The van der Waals surface area contributed by atoms with Gasteiger partial charge >= 0.3 is 0 Å². The van der Waals surface area contributed by atoms with Crippen molar-refractivity contribution in [3.8, 4) is 0 Å². The Balaban J connectivity index is 1.48. The zero-order chi connectivity index (χ0) is 16.5. The van der Waals surface area contributed by atoms with Gasteiger partial charge in [-0.25, -0.2) is 0 Å². The van der Waals surface area contributed by atoms with E-state index >= 15 is 0 Å². The molecule has 4 rings (SSSR count). The molecule has 0 radical (unpaired) electrons. The van der Waals surface area contributed by atoms with Crippen molar-refractivity contribution in [1.82, 2.24) is 20.0 Å². The van der Waals surface area contributed by atoms with Crippen LogP contribution in [0.5, 0.6) is 0 Å². The van der Waals surface area contributed by atoms with Gasteiger partial charge in [0.2, 0.25) is 11.8 Å². The Morgan fingerprint density at radius 2 is 2.21 bits per heavy atom. The summed E-state index contributed by atoms with van der Waals surface area (Å²) in [6.45, 7) is 1.46. The van der Waals surface area contributed by atoms with Crippen LogP contribution in [0.25, 0.3) is 0 Å². The summed E-state index contributed by atoms with van der Waals surface area (Å²) in [5, 5.41) is 9.27. The summed E-state index contributed by atoms with van der Waals surface area (Å²) in [4.78, 5) is 28.2. The molecule has 2 aromatic heterocycles. The number of carbonyl (C=O) groups excluding carboxylic acids is 2. The lowest BCUT2D eigenvalue weighted by molar-refractivity contribution is -0.141. The lowest BCUT2D eigenvalue weighted by atomic mass is 9.84. The Morgan fingerprint density at radius 1 is 1.33 bits per heavy atom. The van der Waals surface area contributed by atoms with Gasteiger partial charge in [-0.15, -0.1) is 11.3 Å². The van der Waals surface area contributed by atoms with Crippen molar-refractivity contribution in [3.05, 3.63) is 40.3 Å². The van der Waals surface area contributed by atoms with Crippen molar-refractivity contribution in [1.29, 1.82) is 0 Å². The maximum atomic E-state index is 12.7. The summed E-state index contributed by atoms with van der Waals surface area (Å²) in [6.07, 6.45) is 4.78. The molecule has 0 saturated heterocycles. The number of amides is 2. The molecule has 3 heterocycles. The molecule has 2 aliphatic rings. The van der Waals surface area contributed by atoms with Gasteiger partial charge in [-0.2, -0.15) is 5.10 Å². The molecule has 2 amide bonds. The predicted octanol–water partition coefficient (Wildman–Crippen LogP) is 1.94. The van der Waals surface area contributed by atoms with Crippen LogP contribution in [0.3, 0.4) is 0 Å². The quantitative estimate of drug-likeness (QED) is 0.922. The van der Waals surface area contributed by atoms with Crippen molar-refractivity contribution >= 4 is 23.2 Å². The third-order valence-corrected chi connectivity index (χ3v) is 5.76. The first kappa shape index (κ1) is 15.4. The van der Waals surface area contributed by atoms with Gasteiger partial charge in [0.1, 0.15) is 6.04 Å². The second kappa shape index (κ2) is 6.39. The second-order valence-electron chi connectivity index (χ2n) is 6.43. The van der Waals surface area contributed by atoms with Gasteiger partial charge in [-0.05, 0) is 30.4 Å². The minimum atomic E-state index is -0.451. The first-order valence-electron chi connectivity index (χ1n) is 8.33. The molecule has 126 valence electrons. The highest BCUT2D eigenvalue weighted by atomic mass is 32.1. The summed E-state index contributed by atoms with van der Waals surface area (Å²) in [5.74, 6) is 0.249. The van der Waals surface area contributed by atoms with Crippen LogP contribution in [0.4, 0.5) is 0 Å². The Labute approximate surface area is 144 Å². The Hall–Kier alpha value is -2.15. The molecule has 0 bridgehead atoms. The Bertz CT molecular complexity index is 736. The van der Waals surface area contributed by atoms with Crippen LogP contribution in [0, 0.1) is 5.92 Å². The van der Waals surface area contributed by atoms with E-state index in [0.29, 0.717) is 19.6 Å². The zero-order valence-electron chi connectivity index (χ0n) is 13.4. The van der Waals surface area contributed by atoms with E-state index in [4.69, 9.17) is 0 Å². The average molecular weight is 344 g/mol. The molecular formula is C17H20N4O2S. The summed E-state index contributed by atoms with van der Waals surface area (Å²) in [5.41, 5.74) is 0.921. The van der Waals surface area contributed by atoms with Crippen molar-refractivity contribution in [2.45, 2.75) is 38.4 Å². The van der Waals surface area contributed by atoms with Crippen LogP contribution in [0.2, 0.25) is 0 Å². The van der Waals surface area contributed by atoms with E-state index < -0.39 is 6.04 Å². The molecule has 1 saturated carbocycles. The molecule has 6 nitrogen and oxygen atoms in total. The highest BCUT2D eigenvalue weighted by Gasteiger charge is 2.36. The van der Waals surface area contributed by atoms with Gasteiger partial charge < -0.3 is 10.2 Å². The number of nitrogens with one attached hydrogen (secondary N) is 1. The van der Waals surface area contributed by atoms with E-state index in [-0.39, 0.29) is 17.7 Å². The lowest BCUT2D eigenvalue weighted by Crippen LogP contribution is -2.49. The maximum Gasteiger partial charge on any atom is 0.247 e. The molecule has 24 heavy (non-hydrogen) atoms. The smallest absolute Gasteiger partial charge is 0.247 e. The Kier molecular flexibility index (Phi) is 4.10. The fraction of sp³-hybridized carbons (Fsp3) is 0.471. The fourth-order valence-corrected chi connectivity index (χ4v) is 3.92. The molecule has 0 unspecified atom stereocenters. The molecule has 0 spiro atoms. The van der Waals surface area contributed by atoms with Crippen LogP contribution in [-0.2, 0) is 22.7 Å². The van der Waals surface area contributed by atoms with Crippen LogP contribution >= 0.6 is 11.3 Å². The number of fused-ring (bicyclic) bond motifs is 1. The highest BCUT2D eigenvalue weighted by Crippen LogP contribution is 2.31. The average Bonchev–Trinajstić information content (AvgIpc) is 3.20. The summed E-state index contributed by atoms with van der Waals surface area (Å²) in [7, 11) is 0. The van der Waals surface area contributed by atoms with Gasteiger partial charge in [0, 0.05) is 17.0 Å². The van der Waals surface area contributed by atoms with E-state index in [9.17, 15) is 9.59 Å². The van der Waals surface area contributed by atoms with Gasteiger partial charge in [-0.3, -0.25) is 14.3 Å². The van der Waals surface area contributed by atoms with Crippen molar-refractivity contribution in [2.75, 3.05) is 6.54 Å². The standard InChI is InChI=1S/C17H20N4O2S/c22-16(18-9-14-5-2-8-24-14)15-11-20(17(23)12-3-1-4-12)10-13-6-7-19-21(13)15/h2,5-8,12,15H,1,3-4,9-11H2,(H,18,22)/t15-/m1/s1. The summed E-state index contributed by atoms with van der Waals surface area (Å²) < 4.78 is 1.76. The van der Waals surface area contributed by atoms with Crippen molar-refractivity contribution in [2.24, 2.45) is 5.92 Å². The van der Waals surface area contributed by atoms with Crippen LogP contribution < -0.4 is 5.32 Å².